The van der Waals surface area contributed by atoms with Gasteiger partial charge < -0.3 is 10.6 Å². The first-order valence-electron chi connectivity index (χ1n) is 9.16. The average molecular weight is 357 g/mol. The predicted octanol–water partition coefficient (Wildman–Crippen LogP) is 2.40. The van der Waals surface area contributed by atoms with Crippen molar-refractivity contribution in [2.24, 2.45) is 5.92 Å². The molecule has 0 spiro atoms. The van der Waals surface area contributed by atoms with Crippen LogP contribution in [0.4, 0.5) is 20.5 Å². The lowest BCUT2D eigenvalue weighted by Crippen LogP contribution is -2.60. The van der Waals surface area contributed by atoms with Crippen molar-refractivity contribution in [2.75, 3.05) is 30.3 Å². The van der Waals surface area contributed by atoms with Gasteiger partial charge in [-0.1, -0.05) is 12.1 Å². The third-order valence-corrected chi connectivity index (χ3v) is 6.30. The Morgan fingerprint density at radius 1 is 1.08 bits per heavy atom. The van der Waals surface area contributed by atoms with E-state index in [9.17, 15) is 8.78 Å². The molecule has 0 aliphatic carbocycles. The van der Waals surface area contributed by atoms with Crippen LogP contribution in [0.3, 0.4) is 0 Å². The fraction of sp³-hybridized carbons (Fsp3) is 0.474. The first kappa shape index (κ1) is 15.9. The van der Waals surface area contributed by atoms with Crippen molar-refractivity contribution in [1.29, 1.82) is 0 Å². The zero-order valence-corrected chi connectivity index (χ0v) is 14.4. The molecular weight excluding hydrogens is 336 g/mol. The summed E-state index contributed by atoms with van der Waals surface area (Å²) in [6.45, 7) is 2.61. The minimum absolute atomic E-state index is 0.108. The van der Waals surface area contributed by atoms with Gasteiger partial charge in [0.15, 0.2) is 11.6 Å². The lowest BCUT2D eigenvalue weighted by molar-refractivity contribution is 0.0348. The SMILES string of the molecule is Nc1ccnc(N2C[C@H](c3cccc(F)c3F)[C@@H]3[C@H]2C2CCN3CC2)n1. The Morgan fingerprint density at radius 2 is 1.88 bits per heavy atom. The van der Waals surface area contributed by atoms with Crippen molar-refractivity contribution in [3.63, 3.8) is 0 Å². The largest absolute Gasteiger partial charge is 0.384 e. The van der Waals surface area contributed by atoms with Crippen molar-refractivity contribution in [3.8, 4) is 0 Å². The van der Waals surface area contributed by atoms with Crippen LogP contribution in [0.5, 0.6) is 0 Å². The van der Waals surface area contributed by atoms with Crippen molar-refractivity contribution in [2.45, 2.75) is 30.8 Å². The van der Waals surface area contributed by atoms with E-state index in [2.05, 4.69) is 19.8 Å². The highest BCUT2D eigenvalue weighted by molar-refractivity contribution is 5.45. The Bertz CT molecular complexity index is 836. The summed E-state index contributed by atoms with van der Waals surface area (Å²) in [6, 6.07) is 6.52. The smallest absolute Gasteiger partial charge is 0.227 e. The topological polar surface area (TPSA) is 58.3 Å². The van der Waals surface area contributed by atoms with Gasteiger partial charge in [-0.3, -0.25) is 4.90 Å². The lowest BCUT2D eigenvalue weighted by Gasteiger charge is -2.51. The maximum Gasteiger partial charge on any atom is 0.227 e. The molecule has 2 aromatic rings. The molecule has 5 heterocycles. The van der Waals surface area contributed by atoms with Gasteiger partial charge in [0.05, 0.1) is 6.04 Å². The first-order chi connectivity index (χ1) is 12.6. The number of rotatable bonds is 2. The second kappa shape index (κ2) is 5.87. The molecule has 4 aliphatic heterocycles. The normalized spacial score (nSPS) is 32.7. The summed E-state index contributed by atoms with van der Waals surface area (Å²) in [5.74, 6) is -0.0790. The highest BCUT2D eigenvalue weighted by Crippen LogP contribution is 2.47. The zero-order valence-electron chi connectivity index (χ0n) is 14.4. The molecular formula is C19H21F2N5. The Kier molecular flexibility index (Phi) is 3.60. The summed E-state index contributed by atoms with van der Waals surface area (Å²) in [7, 11) is 0. The molecule has 4 saturated heterocycles. The molecule has 4 fully saturated rings. The molecule has 26 heavy (non-hydrogen) atoms. The van der Waals surface area contributed by atoms with E-state index >= 15 is 0 Å². The van der Waals surface area contributed by atoms with Gasteiger partial charge in [-0.25, -0.2) is 13.8 Å². The van der Waals surface area contributed by atoms with Crippen molar-refractivity contribution < 1.29 is 8.78 Å². The number of halogens is 2. The molecule has 7 heteroatoms. The third-order valence-electron chi connectivity index (χ3n) is 6.30. The number of aromatic nitrogens is 2. The average Bonchev–Trinajstić information content (AvgIpc) is 3.08. The van der Waals surface area contributed by atoms with Crippen LogP contribution in [0.25, 0.3) is 0 Å². The molecule has 6 rings (SSSR count). The van der Waals surface area contributed by atoms with E-state index in [0.717, 1.165) is 25.9 Å². The molecule has 1 aromatic carbocycles. The van der Waals surface area contributed by atoms with Crippen LogP contribution in [0.15, 0.2) is 30.5 Å². The van der Waals surface area contributed by atoms with Crippen LogP contribution in [0.2, 0.25) is 0 Å². The number of anilines is 2. The molecule has 136 valence electrons. The Hall–Kier alpha value is -2.28. The predicted molar refractivity (Wildman–Crippen MR) is 94.8 cm³/mol. The van der Waals surface area contributed by atoms with Crippen LogP contribution in [0.1, 0.15) is 24.3 Å². The second-order valence-electron chi connectivity index (χ2n) is 7.54. The van der Waals surface area contributed by atoms with Gasteiger partial charge in [-0.05, 0) is 49.5 Å². The molecule has 4 aliphatic rings. The van der Waals surface area contributed by atoms with E-state index in [1.165, 1.54) is 6.07 Å². The van der Waals surface area contributed by atoms with Gasteiger partial charge >= 0.3 is 0 Å². The number of hydrogen-bond acceptors (Lipinski definition) is 5. The first-order valence-corrected chi connectivity index (χ1v) is 9.16. The van der Waals surface area contributed by atoms with Gasteiger partial charge in [-0.15, -0.1) is 0 Å². The summed E-state index contributed by atoms with van der Waals surface area (Å²) in [5.41, 5.74) is 6.32. The molecule has 3 atom stereocenters. The van der Waals surface area contributed by atoms with Crippen molar-refractivity contribution in [1.82, 2.24) is 14.9 Å². The quantitative estimate of drug-likeness (QED) is 0.894. The lowest BCUT2D eigenvalue weighted by atomic mass is 9.75. The highest BCUT2D eigenvalue weighted by Gasteiger charge is 2.54. The Labute approximate surface area is 150 Å². The van der Waals surface area contributed by atoms with Gasteiger partial charge in [0.2, 0.25) is 5.95 Å². The molecule has 0 amide bonds. The monoisotopic (exact) mass is 357 g/mol. The van der Waals surface area contributed by atoms with E-state index in [1.807, 2.05) is 0 Å². The number of piperidine rings is 3. The standard InChI is InChI=1S/C19H21F2N5/c20-14-3-1-2-12(16(14)21)13-10-26(19-23-7-4-15(22)24-19)17-11-5-8-25(9-6-11)18(13)17/h1-4,7,11,13,17-18H,5-6,8-10H2,(H2,22,23,24)/t13-,17-,18-/m1/s1. The van der Waals surface area contributed by atoms with Crippen LogP contribution in [-0.2, 0) is 0 Å². The summed E-state index contributed by atoms with van der Waals surface area (Å²) in [4.78, 5) is 13.4. The van der Waals surface area contributed by atoms with Gasteiger partial charge in [-0.2, -0.15) is 4.98 Å². The van der Waals surface area contributed by atoms with Gasteiger partial charge in [0.1, 0.15) is 5.82 Å². The zero-order chi connectivity index (χ0) is 17.8. The Balaban J connectivity index is 1.60. The van der Waals surface area contributed by atoms with Crippen LogP contribution < -0.4 is 10.6 Å². The fourth-order valence-electron chi connectivity index (χ4n) is 5.23. The minimum Gasteiger partial charge on any atom is -0.384 e. The maximum absolute atomic E-state index is 14.6. The second-order valence-corrected chi connectivity index (χ2v) is 7.54. The van der Waals surface area contributed by atoms with Crippen molar-refractivity contribution >= 4 is 11.8 Å². The summed E-state index contributed by atoms with van der Waals surface area (Å²) in [5, 5.41) is 0. The van der Waals surface area contributed by atoms with Crippen LogP contribution >= 0.6 is 0 Å². The van der Waals surface area contributed by atoms with Gasteiger partial charge in [0, 0.05) is 24.7 Å². The van der Waals surface area contributed by atoms with E-state index in [4.69, 9.17) is 5.73 Å². The molecule has 0 unspecified atom stereocenters. The Morgan fingerprint density at radius 3 is 2.65 bits per heavy atom. The number of benzene rings is 1. The maximum atomic E-state index is 14.6. The minimum atomic E-state index is -0.784. The number of nitrogens with two attached hydrogens (primary N) is 1. The number of hydrogen-bond donors (Lipinski definition) is 1. The molecule has 5 nitrogen and oxygen atoms in total. The summed E-state index contributed by atoms with van der Waals surface area (Å²) in [6.07, 6.45) is 3.90. The van der Waals surface area contributed by atoms with E-state index in [-0.39, 0.29) is 18.0 Å². The molecule has 1 aromatic heterocycles. The fourth-order valence-corrected chi connectivity index (χ4v) is 5.23. The molecule has 0 radical (unpaired) electrons. The van der Waals surface area contributed by atoms with Gasteiger partial charge in [0.25, 0.3) is 0 Å². The van der Waals surface area contributed by atoms with Crippen molar-refractivity contribution in [3.05, 3.63) is 47.7 Å². The number of nitrogen functional groups attached to an aromatic ring is 1. The van der Waals surface area contributed by atoms with Crippen LogP contribution in [-0.4, -0.2) is 46.6 Å². The summed E-state index contributed by atoms with van der Waals surface area (Å²) < 4.78 is 28.5. The molecule has 0 saturated carbocycles. The molecule has 2 bridgehead atoms. The van der Waals surface area contributed by atoms with E-state index in [1.54, 1.807) is 24.4 Å². The highest BCUT2D eigenvalue weighted by atomic mass is 19.2. The van der Waals surface area contributed by atoms with E-state index < -0.39 is 11.6 Å². The number of fused-ring (bicyclic) bond motifs is 2. The van der Waals surface area contributed by atoms with Crippen LogP contribution in [0, 0.1) is 17.6 Å². The van der Waals surface area contributed by atoms with E-state index in [0.29, 0.717) is 29.8 Å². The summed E-state index contributed by atoms with van der Waals surface area (Å²) >= 11 is 0. The number of nitrogens with zero attached hydrogens (tertiary/aromatic N) is 4. The molecule has 2 N–H and O–H groups in total. The third kappa shape index (κ3) is 2.30.